The molecule has 0 aromatic carbocycles. The first kappa shape index (κ1) is 12.1. The van der Waals surface area contributed by atoms with E-state index in [0.29, 0.717) is 18.5 Å². The van der Waals surface area contributed by atoms with Crippen LogP contribution in [-0.4, -0.2) is 35.7 Å². The van der Waals surface area contributed by atoms with Crippen LogP contribution in [-0.2, 0) is 0 Å². The minimum Gasteiger partial charge on any atom is -0.477 e. The standard InChI is InChI=1S/C12H20N4O/c1-2-17-12-9-13-8-11(16-12)15-7-5-10-4-3-6-14-10/h8-10,14H,2-7H2,1H3,(H,15,16). The molecule has 0 spiro atoms. The van der Waals surface area contributed by atoms with Crippen molar-refractivity contribution in [3.05, 3.63) is 12.4 Å². The van der Waals surface area contributed by atoms with E-state index in [2.05, 4.69) is 20.6 Å². The molecular formula is C12H20N4O. The normalized spacial score (nSPS) is 19.2. The summed E-state index contributed by atoms with van der Waals surface area (Å²) in [5.41, 5.74) is 0. The monoisotopic (exact) mass is 236 g/mol. The van der Waals surface area contributed by atoms with E-state index in [1.807, 2.05) is 6.92 Å². The number of hydrogen-bond donors (Lipinski definition) is 2. The van der Waals surface area contributed by atoms with Gasteiger partial charge in [0.2, 0.25) is 5.88 Å². The quantitative estimate of drug-likeness (QED) is 0.782. The second-order valence-electron chi connectivity index (χ2n) is 4.18. The van der Waals surface area contributed by atoms with Crippen LogP contribution in [0.5, 0.6) is 5.88 Å². The van der Waals surface area contributed by atoms with Gasteiger partial charge in [0.1, 0.15) is 5.82 Å². The lowest BCUT2D eigenvalue weighted by Gasteiger charge is -2.11. The Balaban J connectivity index is 1.75. The van der Waals surface area contributed by atoms with Crippen molar-refractivity contribution in [1.82, 2.24) is 15.3 Å². The average Bonchev–Trinajstić information content (AvgIpc) is 2.83. The van der Waals surface area contributed by atoms with Gasteiger partial charge in [-0.2, -0.15) is 4.98 Å². The Morgan fingerprint density at radius 3 is 3.24 bits per heavy atom. The van der Waals surface area contributed by atoms with E-state index in [1.165, 1.54) is 12.8 Å². The molecule has 0 aliphatic carbocycles. The summed E-state index contributed by atoms with van der Waals surface area (Å²) in [4.78, 5) is 8.40. The van der Waals surface area contributed by atoms with Crippen LogP contribution < -0.4 is 15.4 Å². The highest BCUT2D eigenvalue weighted by Crippen LogP contribution is 2.11. The summed E-state index contributed by atoms with van der Waals surface area (Å²) < 4.78 is 5.30. The SMILES string of the molecule is CCOc1cncc(NCCC2CCCN2)n1. The topological polar surface area (TPSA) is 59.1 Å². The third-order valence-electron chi connectivity index (χ3n) is 2.87. The molecule has 0 radical (unpaired) electrons. The van der Waals surface area contributed by atoms with Crippen molar-refractivity contribution in [2.45, 2.75) is 32.2 Å². The van der Waals surface area contributed by atoms with Gasteiger partial charge in [-0.3, -0.25) is 4.98 Å². The Morgan fingerprint density at radius 2 is 2.47 bits per heavy atom. The van der Waals surface area contributed by atoms with Gasteiger partial charge in [-0.25, -0.2) is 0 Å². The van der Waals surface area contributed by atoms with Gasteiger partial charge in [0.15, 0.2) is 0 Å². The first-order valence-corrected chi connectivity index (χ1v) is 6.30. The van der Waals surface area contributed by atoms with Crippen LogP contribution in [0.25, 0.3) is 0 Å². The van der Waals surface area contributed by atoms with Crippen molar-refractivity contribution < 1.29 is 4.74 Å². The molecule has 0 saturated carbocycles. The van der Waals surface area contributed by atoms with E-state index in [4.69, 9.17) is 4.74 Å². The molecule has 1 aliphatic rings. The van der Waals surface area contributed by atoms with E-state index < -0.39 is 0 Å². The molecule has 1 atom stereocenters. The lowest BCUT2D eigenvalue weighted by molar-refractivity contribution is 0.325. The Morgan fingerprint density at radius 1 is 1.53 bits per heavy atom. The van der Waals surface area contributed by atoms with Gasteiger partial charge < -0.3 is 15.4 Å². The van der Waals surface area contributed by atoms with E-state index in [0.717, 1.165) is 25.3 Å². The maximum absolute atomic E-state index is 5.30. The van der Waals surface area contributed by atoms with Crippen LogP contribution in [0.4, 0.5) is 5.82 Å². The van der Waals surface area contributed by atoms with Gasteiger partial charge in [-0.15, -0.1) is 0 Å². The summed E-state index contributed by atoms with van der Waals surface area (Å²) in [6.45, 7) is 4.63. The molecule has 1 aliphatic heterocycles. The fourth-order valence-electron chi connectivity index (χ4n) is 2.03. The van der Waals surface area contributed by atoms with E-state index >= 15 is 0 Å². The summed E-state index contributed by atoms with van der Waals surface area (Å²) in [6.07, 6.45) is 7.06. The second kappa shape index (κ2) is 6.39. The molecule has 5 heteroatoms. The summed E-state index contributed by atoms with van der Waals surface area (Å²) >= 11 is 0. The molecule has 17 heavy (non-hydrogen) atoms. The van der Waals surface area contributed by atoms with Crippen LogP contribution >= 0.6 is 0 Å². The third kappa shape index (κ3) is 3.85. The molecule has 1 aromatic rings. The number of ether oxygens (including phenoxy) is 1. The van der Waals surface area contributed by atoms with Crippen LogP contribution in [0.1, 0.15) is 26.2 Å². The van der Waals surface area contributed by atoms with Gasteiger partial charge in [-0.05, 0) is 32.7 Å². The van der Waals surface area contributed by atoms with Crippen molar-refractivity contribution in [2.24, 2.45) is 0 Å². The van der Waals surface area contributed by atoms with Gasteiger partial charge in [-0.1, -0.05) is 0 Å². The molecule has 5 nitrogen and oxygen atoms in total. The van der Waals surface area contributed by atoms with E-state index in [1.54, 1.807) is 12.4 Å². The maximum Gasteiger partial charge on any atom is 0.234 e. The van der Waals surface area contributed by atoms with Gasteiger partial charge in [0.05, 0.1) is 19.0 Å². The Hall–Kier alpha value is -1.36. The van der Waals surface area contributed by atoms with Crippen molar-refractivity contribution in [2.75, 3.05) is 25.0 Å². The first-order valence-electron chi connectivity index (χ1n) is 6.30. The zero-order chi connectivity index (χ0) is 11.9. The zero-order valence-corrected chi connectivity index (χ0v) is 10.3. The smallest absolute Gasteiger partial charge is 0.234 e. The second-order valence-corrected chi connectivity index (χ2v) is 4.18. The summed E-state index contributed by atoms with van der Waals surface area (Å²) in [5, 5.41) is 6.75. The summed E-state index contributed by atoms with van der Waals surface area (Å²) in [7, 11) is 0. The van der Waals surface area contributed by atoms with Gasteiger partial charge >= 0.3 is 0 Å². The van der Waals surface area contributed by atoms with Gasteiger partial charge in [0, 0.05) is 12.6 Å². The van der Waals surface area contributed by atoms with Crippen LogP contribution in [0.15, 0.2) is 12.4 Å². The minimum atomic E-state index is 0.580. The minimum absolute atomic E-state index is 0.580. The molecule has 1 saturated heterocycles. The molecule has 94 valence electrons. The zero-order valence-electron chi connectivity index (χ0n) is 10.3. The molecule has 0 amide bonds. The highest BCUT2D eigenvalue weighted by molar-refractivity contribution is 5.33. The van der Waals surface area contributed by atoms with Crippen LogP contribution in [0.2, 0.25) is 0 Å². The van der Waals surface area contributed by atoms with Crippen molar-refractivity contribution in [3.8, 4) is 5.88 Å². The highest BCUT2D eigenvalue weighted by atomic mass is 16.5. The molecule has 1 aromatic heterocycles. The van der Waals surface area contributed by atoms with Crippen LogP contribution in [0, 0.1) is 0 Å². The number of rotatable bonds is 6. The summed E-state index contributed by atoms with van der Waals surface area (Å²) in [5.74, 6) is 1.37. The maximum atomic E-state index is 5.30. The molecule has 2 heterocycles. The Kier molecular flexibility index (Phi) is 4.55. The average molecular weight is 236 g/mol. The third-order valence-corrected chi connectivity index (χ3v) is 2.87. The first-order chi connectivity index (χ1) is 8.38. The number of hydrogen-bond acceptors (Lipinski definition) is 5. The van der Waals surface area contributed by atoms with Crippen LogP contribution in [0.3, 0.4) is 0 Å². The number of nitrogens with one attached hydrogen (secondary N) is 2. The molecule has 0 bridgehead atoms. The van der Waals surface area contributed by atoms with Crippen molar-refractivity contribution in [3.63, 3.8) is 0 Å². The number of aromatic nitrogens is 2. The lowest BCUT2D eigenvalue weighted by Crippen LogP contribution is -2.24. The molecule has 2 rings (SSSR count). The molecular weight excluding hydrogens is 216 g/mol. The van der Waals surface area contributed by atoms with Crippen molar-refractivity contribution in [1.29, 1.82) is 0 Å². The number of anilines is 1. The Bertz CT molecular complexity index is 339. The van der Waals surface area contributed by atoms with Gasteiger partial charge in [0.25, 0.3) is 0 Å². The molecule has 1 fully saturated rings. The number of nitrogens with zero attached hydrogens (tertiary/aromatic N) is 2. The predicted octanol–water partition coefficient (Wildman–Crippen LogP) is 1.43. The largest absolute Gasteiger partial charge is 0.477 e. The molecule has 1 unspecified atom stereocenters. The fraction of sp³-hybridized carbons (Fsp3) is 0.667. The predicted molar refractivity (Wildman–Crippen MR) is 67.3 cm³/mol. The van der Waals surface area contributed by atoms with Crippen molar-refractivity contribution >= 4 is 5.82 Å². The lowest BCUT2D eigenvalue weighted by atomic mass is 10.1. The molecule has 2 N–H and O–H groups in total. The fourth-order valence-corrected chi connectivity index (χ4v) is 2.03. The highest BCUT2D eigenvalue weighted by Gasteiger charge is 2.12. The van der Waals surface area contributed by atoms with E-state index in [9.17, 15) is 0 Å². The summed E-state index contributed by atoms with van der Waals surface area (Å²) in [6, 6.07) is 0.658. The Labute approximate surface area is 102 Å². The van der Waals surface area contributed by atoms with E-state index in [-0.39, 0.29) is 0 Å².